The van der Waals surface area contributed by atoms with Crippen LogP contribution in [0.25, 0.3) is 0 Å². The van der Waals surface area contributed by atoms with Crippen LogP contribution < -0.4 is 10.1 Å². The van der Waals surface area contributed by atoms with Crippen molar-refractivity contribution in [2.24, 2.45) is 0 Å². The number of benzene rings is 2. The lowest BCUT2D eigenvalue weighted by Crippen LogP contribution is -2.04. The molecule has 0 aliphatic rings. The maximum absolute atomic E-state index is 12.4. The summed E-state index contributed by atoms with van der Waals surface area (Å²) in [5.74, 6) is 0.887. The van der Waals surface area contributed by atoms with E-state index in [0.29, 0.717) is 22.2 Å². The van der Waals surface area contributed by atoms with Crippen LogP contribution in [0.15, 0.2) is 52.9 Å². The van der Waals surface area contributed by atoms with Gasteiger partial charge < -0.3 is 10.1 Å². The molecule has 3 aromatic rings. The minimum absolute atomic E-state index is 0.00561. The molecule has 0 radical (unpaired) electrons. The number of thioether (sulfide) groups is 1. The summed E-state index contributed by atoms with van der Waals surface area (Å²) in [5, 5.41) is 12.2. The highest BCUT2D eigenvalue weighted by molar-refractivity contribution is 8.01. The number of nitrogens with zero attached hydrogens (tertiary/aromatic N) is 2. The molecule has 0 saturated carbocycles. The van der Waals surface area contributed by atoms with Crippen LogP contribution in [0.3, 0.4) is 0 Å². The second kappa shape index (κ2) is 8.13. The van der Waals surface area contributed by atoms with Crippen LogP contribution in [0.1, 0.15) is 15.9 Å². The van der Waals surface area contributed by atoms with Crippen molar-refractivity contribution in [1.82, 2.24) is 10.2 Å². The first-order valence-corrected chi connectivity index (χ1v) is 9.43. The zero-order valence-corrected chi connectivity index (χ0v) is 15.5. The number of rotatable bonds is 7. The Morgan fingerprint density at radius 2 is 1.92 bits per heavy atom. The number of nitrogens with one attached hydrogen (secondary N) is 1. The van der Waals surface area contributed by atoms with Gasteiger partial charge in [0.2, 0.25) is 5.13 Å². The molecule has 0 fully saturated rings. The van der Waals surface area contributed by atoms with Gasteiger partial charge in [0.15, 0.2) is 10.1 Å². The van der Waals surface area contributed by atoms with Crippen molar-refractivity contribution in [3.05, 3.63) is 59.7 Å². The van der Waals surface area contributed by atoms with Crippen LogP contribution in [-0.4, -0.2) is 28.8 Å². The molecule has 0 atom stereocenters. The summed E-state index contributed by atoms with van der Waals surface area (Å²) in [6, 6.07) is 15.2. The van der Waals surface area contributed by atoms with Crippen molar-refractivity contribution in [1.29, 1.82) is 0 Å². The number of para-hydroxylation sites is 2. The van der Waals surface area contributed by atoms with Crippen molar-refractivity contribution in [2.75, 3.05) is 18.2 Å². The summed E-state index contributed by atoms with van der Waals surface area (Å²) in [4.78, 5) is 12.4. The standard InChI is InChI=1S/C18H17N3O2S2/c1-12-7-3-5-9-14(12)19-17-20-21-18(25-17)24-11-15(22)13-8-4-6-10-16(13)23-2/h3-10H,11H2,1-2H3,(H,19,20). The highest BCUT2D eigenvalue weighted by atomic mass is 32.2. The molecule has 25 heavy (non-hydrogen) atoms. The van der Waals surface area contributed by atoms with Crippen LogP contribution in [0.4, 0.5) is 10.8 Å². The van der Waals surface area contributed by atoms with Gasteiger partial charge in [0.05, 0.1) is 18.4 Å². The van der Waals surface area contributed by atoms with Gasteiger partial charge in [-0.25, -0.2) is 0 Å². The molecular formula is C18H17N3O2S2. The molecule has 0 amide bonds. The largest absolute Gasteiger partial charge is 0.496 e. The number of methoxy groups -OCH3 is 1. The van der Waals surface area contributed by atoms with Crippen molar-refractivity contribution >= 4 is 39.7 Å². The Morgan fingerprint density at radius 1 is 1.16 bits per heavy atom. The first-order valence-electron chi connectivity index (χ1n) is 7.62. The lowest BCUT2D eigenvalue weighted by Gasteiger charge is -2.06. The van der Waals surface area contributed by atoms with Gasteiger partial charge in [0.25, 0.3) is 0 Å². The fraction of sp³-hybridized carbons (Fsp3) is 0.167. The molecule has 0 unspecified atom stereocenters. The van der Waals surface area contributed by atoms with E-state index in [1.165, 1.54) is 23.1 Å². The number of carbonyl (C=O) groups excluding carboxylic acids is 1. The Labute approximate surface area is 154 Å². The SMILES string of the molecule is COc1ccccc1C(=O)CSc1nnc(Nc2ccccc2C)s1. The molecule has 1 aromatic heterocycles. The molecule has 0 bridgehead atoms. The van der Waals surface area contributed by atoms with E-state index in [2.05, 4.69) is 15.5 Å². The maximum Gasteiger partial charge on any atom is 0.210 e. The maximum atomic E-state index is 12.4. The highest BCUT2D eigenvalue weighted by Crippen LogP contribution is 2.29. The van der Waals surface area contributed by atoms with E-state index in [-0.39, 0.29) is 5.78 Å². The average Bonchev–Trinajstić information content (AvgIpc) is 3.09. The number of ether oxygens (including phenoxy) is 1. The number of ketones is 1. The smallest absolute Gasteiger partial charge is 0.210 e. The third kappa shape index (κ3) is 4.37. The summed E-state index contributed by atoms with van der Waals surface area (Å²) in [7, 11) is 1.56. The number of carbonyl (C=O) groups is 1. The summed E-state index contributed by atoms with van der Waals surface area (Å²) in [6.45, 7) is 2.03. The predicted molar refractivity (Wildman–Crippen MR) is 102 cm³/mol. The summed E-state index contributed by atoms with van der Waals surface area (Å²) in [5.41, 5.74) is 2.72. The third-order valence-corrected chi connectivity index (χ3v) is 5.50. The number of anilines is 2. The Kier molecular flexibility index (Phi) is 5.67. The van der Waals surface area contributed by atoms with E-state index < -0.39 is 0 Å². The summed E-state index contributed by atoms with van der Waals surface area (Å²) >= 11 is 2.81. The Balaban J connectivity index is 1.62. The van der Waals surface area contributed by atoms with Gasteiger partial charge in [0.1, 0.15) is 5.75 Å². The van der Waals surface area contributed by atoms with E-state index in [0.717, 1.165) is 15.6 Å². The zero-order chi connectivity index (χ0) is 17.6. The molecule has 1 N–H and O–H groups in total. The Bertz CT molecular complexity index is 880. The number of aryl methyl sites for hydroxylation is 1. The monoisotopic (exact) mass is 371 g/mol. The van der Waals surface area contributed by atoms with Crippen LogP contribution in [0.5, 0.6) is 5.75 Å². The average molecular weight is 371 g/mol. The van der Waals surface area contributed by atoms with Gasteiger partial charge >= 0.3 is 0 Å². The second-order valence-corrected chi connectivity index (χ2v) is 7.43. The summed E-state index contributed by atoms with van der Waals surface area (Å²) < 4.78 is 5.98. The topological polar surface area (TPSA) is 64.1 Å². The van der Waals surface area contributed by atoms with E-state index >= 15 is 0 Å². The minimum atomic E-state index is 0.00561. The molecule has 0 aliphatic heterocycles. The van der Waals surface area contributed by atoms with Crippen molar-refractivity contribution in [3.63, 3.8) is 0 Å². The molecule has 5 nitrogen and oxygen atoms in total. The van der Waals surface area contributed by atoms with Crippen LogP contribution in [-0.2, 0) is 0 Å². The van der Waals surface area contributed by atoms with Gasteiger partial charge in [-0.3, -0.25) is 4.79 Å². The molecule has 0 spiro atoms. The Hall–Kier alpha value is -2.38. The number of hydrogen-bond donors (Lipinski definition) is 1. The lowest BCUT2D eigenvalue weighted by atomic mass is 10.1. The van der Waals surface area contributed by atoms with Gasteiger partial charge in [-0.15, -0.1) is 10.2 Å². The highest BCUT2D eigenvalue weighted by Gasteiger charge is 2.14. The van der Waals surface area contributed by atoms with Gasteiger partial charge in [-0.05, 0) is 30.7 Å². The molecule has 128 valence electrons. The molecule has 1 heterocycles. The normalized spacial score (nSPS) is 10.5. The summed E-state index contributed by atoms with van der Waals surface area (Å²) in [6.07, 6.45) is 0. The van der Waals surface area contributed by atoms with Crippen LogP contribution in [0.2, 0.25) is 0 Å². The molecule has 2 aromatic carbocycles. The van der Waals surface area contributed by atoms with Crippen LogP contribution in [0, 0.1) is 6.92 Å². The molecule has 7 heteroatoms. The Morgan fingerprint density at radius 3 is 2.72 bits per heavy atom. The molecule has 0 aliphatic carbocycles. The van der Waals surface area contributed by atoms with Crippen LogP contribution >= 0.6 is 23.1 Å². The van der Waals surface area contributed by atoms with E-state index in [4.69, 9.17) is 4.74 Å². The number of Topliss-reactive ketones (excluding diaryl/α,β-unsaturated/α-hetero) is 1. The lowest BCUT2D eigenvalue weighted by molar-refractivity contribution is 0.101. The van der Waals surface area contributed by atoms with Gasteiger partial charge in [-0.2, -0.15) is 0 Å². The van der Waals surface area contributed by atoms with Crippen molar-refractivity contribution in [2.45, 2.75) is 11.3 Å². The number of aromatic nitrogens is 2. The van der Waals surface area contributed by atoms with Crippen molar-refractivity contribution in [3.8, 4) is 5.75 Å². The fourth-order valence-corrected chi connectivity index (χ4v) is 3.87. The van der Waals surface area contributed by atoms with E-state index in [1.807, 2.05) is 43.3 Å². The molecule has 0 saturated heterocycles. The van der Waals surface area contributed by atoms with E-state index in [1.54, 1.807) is 19.2 Å². The van der Waals surface area contributed by atoms with Crippen molar-refractivity contribution < 1.29 is 9.53 Å². The third-order valence-electron chi connectivity index (χ3n) is 3.53. The second-order valence-electron chi connectivity index (χ2n) is 5.23. The first-order chi connectivity index (χ1) is 12.2. The quantitative estimate of drug-likeness (QED) is 0.485. The fourth-order valence-electron chi connectivity index (χ4n) is 2.23. The molecule has 3 rings (SSSR count). The van der Waals surface area contributed by atoms with Gasteiger partial charge in [0, 0.05) is 5.69 Å². The molecular weight excluding hydrogens is 354 g/mol. The predicted octanol–water partition coefficient (Wildman–Crippen LogP) is 4.57. The number of hydrogen-bond acceptors (Lipinski definition) is 7. The first kappa shape index (κ1) is 17.4. The minimum Gasteiger partial charge on any atom is -0.496 e. The zero-order valence-electron chi connectivity index (χ0n) is 13.9. The van der Waals surface area contributed by atoms with Gasteiger partial charge in [-0.1, -0.05) is 53.4 Å². The van der Waals surface area contributed by atoms with E-state index in [9.17, 15) is 4.79 Å².